The Morgan fingerprint density at radius 3 is 2.24 bits per heavy atom. The van der Waals surface area contributed by atoms with Crippen LogP contribution in [0, 0.1) is 18.8 Å². The van der Waals surface area contributed by atoms with Crippen molar-refractivity contribution in [1.82, 2.24) is 24.9 Å². The molecular formula is C36H44N6O7S. The lowest BCUT2D eigenvalue weighted by atomic mass is 9.81. The van der Waals surface area contributed by atoms with Crippen LogP contribution in [-0.4, -0.2) is 71.4 Å². The minimum absolute atomic E-state index is 0.161. The molecule has 1 aromatic heterocycles. The zero-order chi connectivity index (χ0) is 36.0. The van der Waals surface area contributed by atoms with E-state index in [4.69, 9.17) is 5.11 Å². The van der Waals surface area contributed by atoms with Gasteiger partial charge in [-0.25, -0.2) is 18.0 Å². The van der Waals surface area contributed by atoms with Gasteiger partial charge in [0.15, 0.2) is 0 Å². The van der Waals surface area contributed by atoms with Crippen LogP contribution >= 0.6 is 0 Å². The summed E-state index contributed by atoms with van der Waals surface area (Å²) in [6.07, 6.45) is 1.72. The van der Waals surface area contributed by atoms with Gasteiger partial charge in [-0.05, 0) is 91.1 Å². The number of sulfonamides is 1. The number of amides is 3. The minimum atomic E-state index is -3.59. The fourth-order valence-electron chi connectivity index (χ4n) is 6.59. The van der Waals surface area contributed by atoms with Crippen molar-refractivity contribution in [2.24, 2.45) is 11.8 Å². The minimum Gasteiger partial charge on any atom is -0.465 e. The Kier molecular flexibility index (Phi) is 11.4. The molecule has 3 amide bonds. The Labute approximate surface area is 290 Å². The third kappa shape index (κ3) is 8.61. The summed E-state index contributed by atoms with van der Waals surface area (Å²) in [5.41, 5.74) is 4.61. The molecule has 50 heavy (non-hydrogen) atoms. The van der Waals surface area contributed by atoms with Crippen molar-refractivity contribution in [3.63, 3.8) is 0 Å². The number of carbonyl (C=O) groups excluding carboxylic acids is 2. The first-order chi connectivity index (χ1) is 23.9. The number of hydrogen-bond donors (Lipinski definition) is 6. The summed E-state index contributed by atoms with van der Waals surface area (Å²) in [4.78, 5) is 55.4. The first-order valence-electron chi connectivity index (χ1n) is 16.9. The van der Waals surface area contributed by atoms with Crippen molar-refractivity contribution in [2.45, 2.75) is 63.8 Å². The van der Waals surface area contributed by atoms with Crippen LogP contribution in [0.25, 0.3) is 22.2 Å². The summed E-state index contributed by atoms with van der Waals surface area (Å²) >= 11 is 0. The average Bonchev–Trinajstić information content (AvgIpc) is 3.47. The number of aromatic nitrogens is 2. The standard InChI is InChI=1S/C36H44N6O7S/c1-4-42(5-2)50(48,49)28-15-16-29(22(3)18-28)25-10-6-23(7-11-25)19-32(34(44)38-27-14-17-30-31(20-27)41-35(45)40-30)39-33(43)26-12-8-24(9-13-26)21-37-36(46)47/h6-7,10-11,14-18,20,24,26,32,37H,4-5,8-9,12-13,19,21H2,1-3H3,(H,38,44)(H,39,43)(H,46,47)(H2,40,41,45)/t24-,26-,32-/m0/s1. The molecule has 0 bridgehead atoms. The number of carbonyl (C=O) groups is 3. The van der Waals surface area contributed by atoms with Crippen LogP contribution in [0.1, 0.15) is 50.7 Å². The maximum atomic E-state index is 13.7. The first kappa shape index (κ1) is 36.3. The summed E-state index contributed by atoms with van der Waals surface area (Å²) in [6, 6.07) is 16.8. The van der Waals surface area contributed by atoms with E-state index in [0.29, 0.717) is 62.0 Å². The van der Waals surface area contributed by atoms with Gasteiger partial charge in [0.1, 0.15) is 6.04 Å². The Bertz CT molecular complexity index is 2010. The van der Waals surface area contributed by atoms with Crippen LogP contribution in [0.4, 0.5) is 10.5 Å². The molecule has 5 rings (SSSR count). The molecule has 1 saturated carbocycles. The Hall–Kier alpha value is -4.95. The van der Waals surface area contributed by atoms with E-state index in [1.165, 1.54) is 4.31 Å². The lowest BCUT2D eigenvalue weighted by Gasteiger charge is -2.29. The molecule has 0 radical (unpaired) electrons. The predicted molar refractivity (Wildman–Crippen MR) is 191 cm³/mol. The number of H-pyrrole nitrogens is 2. The molecule has 14 heteroatoms. The van der Waals surface area contributed by atoms with Crippen molar-refractivity contribution in [2.75, 3.05) is 25.0 Å². The van der Waals surface area contributed by atoms with Gasteiger partial charge in [-0.2, -0.15) is 4.31 Å². The average molecular weight is 705 g/mol. The number of carboxylic acid groups (broad SMARTS) is 1. The zero-order valence-electron chi connectivity index (χ0n) is 28.4. The third-order valence-corrected chi connectivity index (χ3v) is 11.5. The van der Waals surface area contributed by atoms with Crippen LogP contribution in [0.15, 0.2) is 70.4 Å². The number of imidazole rings is 1. The van der Waals surface area contributed by atoms with Crippen molar-refractivity contribution >= 4 is 44.7 Å². The van der Waals surface area contributed by atoms with Crippen LogP contribution in [0.3, 0.4) is 0 Å². The summed E-state index contributed by atoms with van der Waals surface area (Å²) in [7, 11) is -3.59. The highest BCUT2D eigenvalue weighted by molar-refractivity contribution is 7.89. The van der Waals surface area contributed by atoms with Gasteiger partial charge in [0.2, 0.25) is 21.8 Å². The number of nitrogens with zero attached hydrogens (tertiary/aromatic N) is 1. The summed E-state index contributed by atoms with van der Waals surface area (Å²) < 4.78 is 27.5. The number of aryl methyl sites for hydroxylation is 1. The number of aromatic amines is 2. The number of anilines is 1. The largest absolute Gasteiger partial charge is 0.465 e. The molecule has 1 heterocycles. The molecule has 0 spiro atoms. The van der Waals surface area contributed by atoms with Crippen LogP contribution in [0.5, 0.6) is 0 Å². The van der Waals surface area contributed by atoms with Gasteiger partial charge >= 0.3 is 11.8 Å². The normalized spacial score (nSPS) is 17.0. The fourth-order valence-corrected chi connectivity index (χ4v) is 8.13. The van der Waals surface area contributed by atoms with Gasteiger partial charge < -0.3 is 31.0 Å². The third-order valence-electron chi connectivity index (χ3n) is 9.42. The highest BCUT2D eigenvalue weighted by atomic mass is 32.2. The molecule has 1 fully saturated rings. The Morgan fingerprint density at radius 1 is 0.920 bits per heavy atom. The number of hydrogen-bond acceptors (Lipinski definition) is 6. The number of fused-ring (bicyclic) bond motifs is 1. The second-order valence-electron chi connectivity index (χ2n) is 12.8. The lowest BCUT2D eigenvalue weighted by Crippen LogP contribution is -2.48. The van der Waals surface area contributed by atoms with E-state index in [0.717, 1.165) is 22.3 Å². The molecule has 3 aromatic carbocycles. The maximum Gasteiger partial charge on any atom is 0.404 e. The second-order valence-corrected chi connectivity index (χ2v) is 14.7. The molecule has 4 aromatic rings. The highest BCUT2D eigenvalue weighted by Crippen LogP contribution is 2.30. The SMILES string of the molecule is CCN(CC)S(=O)(=O)c1ccc(-c2ccc(C[C@H](NC(=O)[C@H]3CC[C@H](CNC(=O)O)CC3)C(=O)Nc3ccc4[nH]c(=O)[nH]c4c3)cc2)c(C)c1. The van der Waals surface area contributed by atoms with E-state index in [9.17, 15) is 27.6 Å². The summed E-state index contributed by atoms with van der Waals surface area (Å²) in [5.74, 6) is -0.784. The summed E-state index contributed by atoms with van der Waals surface area (Å²) in [6.45, 7) is 6.61. The lowest BCUT2D eigenvalue weighted by molar-refractivity contribution is -0.130. The van der Waals surface area contributed by atoms with Gasteiger partial charge in [0.25, 0.3) is 0 Å². The van der Waals surface area contributed by atoms with E-state index in [2.05, 4.69) is 25.9 Å². The molecule has 266 valence electrons. The van der Waals surface area contributed by atoms with Gasteiger partial charge in [-0.15, -0.1) is 0 Å². The predicted octanol–water partition coefficient (Wildman–Crippen LogP) is 4.60. The van der Waals surface area contributed by atoms with Crippen LogP contribution < -0.4 is 21.6 Å². The molecule has 1 aliphatic rings. The summed E-state index contributed by atoms with van der Waals surface area (Å²) in [5, 5.41) is 17.2. The van der Waals surface area contributed by atoms with Gasteiger partial charge in [0, 0.05) is 37.7 Å². The molecule has 1 aliphatic carbocycles. The van der Waals surface area contributed by atoms with Gasteiger partial charge in [-0.1, -0.05) is 44.2 Å². The molecular weight excluding hydrogens is 660 g/mol. The van der Waals surface area contributed by atoms with Crippen LogP contribution in [0.2, 0.25) is 0 Å². The van der Waals surface area contributed by atoms with E-state index < -0.39 is 28.1 Å². The molecule has 0 aliphatic heterocycles. The molecule has 0 saturated heterocycles. The highest BCUT2D eigenvalue weighted by Gasteiger charge is 2.30. The van der Waals surface area contributed by atoms with E-state index in [-0.39, 0.29) is 34.7 Å². The van der Waals surface area contributed by atoms with Crippen molar-refractivity contribution in [1.29, 1.82) is 0 Å². The van der Waals surface area contributed by atoms with E-state index in [1.807, 2.05) is 45.0 Å². The number of rotatable bonds is 13. The van der Waals surface area contributed by atoms with E-state index >= 15 is 0 Å². The molecule has 0 unspecified atom stereocenters. The quantitative estimate of drug-likeness (QED) is 0.117. The molecule has 6 N–H and O–H groups in total. The van der Waals surface area contributed by atoms with Gasteiger partial charge in [0.05, 0.1) is 15.9 Å². The smallest absolute Gasteiger partial charge is 0.404 e. The first-order valence-corrected chi connectivity index (χ1v) is 18.3. The van der Waals surface area contributed by atoms with Crippen molar-refractivity contribution in [3.05, 3.63) is 82.3 Å². The van der Waals surface area contributed by atoms with E-state index in [1.54, 1.807) is 36.4 Å². The molecule has 1 atom stereocenters. The topological polar surface area (TPSA) is 194 Å². The fraction of sp³-hybridized carbons (Fsp3) is 0.389. The zero-order valence-corrected chi connectivity index (χ0v) is 29.2. The number of benzene rings is 3. The van der Waals surface area contributed by atoms with Crippen molar-refractivity contribution in [3.8, 4) is 11.1 Å². The Balaban J connectivity index is 1.32. The molecule has 13 nitrogen and oxygen atoms in total. The van der Waals surface area contributed by atoms with Crippen molar-refractivity contribution < 1.29 is 27.9 Å². The maximum absolute atomic E-state index is 13.7. The monoisotopic (exact) mass is 704 g/mol. The Morgan fingerprint density at radius 2 is 1.60 bits per heavy atom. The number of nitrogens with one attached hydrogen (secondary N) is 5. The van der Waals surface area contributed by atoms with Gasteiger partial charge in [-0.3, -0.25) is 9.59 Å². The van der Waals surface area contributed by atoms with Crippen LogP contribution in [-0.2, 0) is 26.0 Å². The second kappa shape index (κ2) is 15.7.